The third-order valence-electron chi connectivity index (χ3n) is 3.26. The van der Waals surface area contributed by atoms with Gasteiger partial charge in [0.2, 0.25) is 0 Å². The molecule has 0 aliphatic carbocycles. The van der Waals surface area contributed by atoms with Gasteiger partial charge in [-0.2, -0.15) is 0 Å². The van der Waals surface area contributed by atoms with Gasteiger partial charge in [0.25, 0.3) is 5.91 Å². The molecule has 0 bridgehead atoms. The molecule has 5 nitrogen and oxygen atoms in total. The second-order valence-electron chi connectivity index (χ2n) is 5.17. The van der Waals surface area contributed by atoms with Crippen LogP contribution in [-0.4, -0.2) is 25.0 Å². The number of nitrogens with two attached hydrogens (primary N) is 1. The summed E-state index contributed by atoms with van der Waals surface area (Å²) < 4.78 is 13.5. The zero-order chi connectivity index (χ0) is 17.4. The molecule has 3 amide bonds. The summed E-state index contributed by atoms with van der Waals surface area (Å²) >= 11 is 11.7. The molecule has 0 heterocycles. The van der Waals surface area contributed by atoms with Gasteiger partial charge in [-0.15, -0.1) is 0 Å². The van der Waals surface area contributed by atoms with E-state index in [9.17, 15) is 14.0 Å². The van der Waals surface area contributed by atoms with Crippen LogP contribution in [0.1, 0.15) is 38.3 Å². The fraction of sp³-hybridized carbons (Fsp3) is 0.467. The zero-order valence-corrected chi connectivity index (χ0v) is 14.6. The number of amides is 3. The first-order chi connectivity index (χ1) is 10.8. The third-order valence-corrected chi connectivity index (χ3v) is 3.87. The highest BCUT2D eigenvalue weighted by atomic mass is 35.5. The molecule has 0 saturated heterocycles. The zero-order valence-electron chi connectivity index (χ0n) is 13.1. The van der Waals surface area contributed by atoms with Crippen molar-refractivity contribution in [2.45, 2.75) is 32.7 Å². The van der Waals surface area contributed by atoms with Crippen molar-refractivity contribution in [1.29, 1.82) is 0 Å². The van der Waals surface area contributed by atoms with Crippen LogP contribution in [0.3, 0.4) is 0 Å². The predicted octanol–water partition coefficient (Wildman–Crippen LogP) is 2.38. The second kappa shape index (κ2) is 9.70. The summed E-state index contributed by atoms with van der Waals surface area (Å²) in [6, 6.07) is 1.81. The van der Waals surface area contributed by atoms with E-state index in [1.54, 1.807) is 12.2 Å². The molecule has 4 N–H and O–H groups in total. The first kappa shape index (κ1) is 19.7. The van der Waals surface area contributed by atoms with E-state index >= 15 is 0 Å². The molecule has 0 aliphatic rings. The molecule has 8 heteroatoms. The topological polar surface area (TPSA) is 74.8 Å². The van der Waals surface area contributed by atoms with Crippen LogP contribution in [0.2, 0.25) is 10.0 Å². The molecule has 128 valence electrons. The largest absolute Gasteiger partial charge is 0.338 e. The fourth-order valence-electron chi connectivity index (χ4n) is 1.90. The highest BCUT2D eigenvalue weighted by Gasteiger charge is 2.18. The minimum absolute atomic E-state index is 0.0168. The van der Waals surface area contributed by atoms with E-state index in [4.69, 9.17) is 23.2 Å². The average molecular weight is 365 g/mol. The molecular weight excluding hydrogens is 344 g/mol. The number of benzene rings is 1. The number of hydrogen-bond donors (Lipinski definition) is 3. The number of imide groups is 1. The number of quaternary nitrogens is 1. The molecule has 0 aromatic heterocycles. The number of carbonyl (C=O) groups is 2. The maximum absolute atomic E-state index is 13.5. The predicted molar refractivity (Wildman–Crippen MR) is 88.1 cm³/mol. The number of urea groups is 1. The molecule has 1 aromatic rings. The number of rotatable bonds is 7. The number of carbonyl (C=O) groups excluding carboxylic acids is 2. The number of hydrogen-bond acceptors (Lipinski definition) is 2. The molecule has 0 unspecified atom stereocenters. The van der Waals surface area contributed by atoms with Gasteiger partial charge in [-0.25, -0.2) is 9.18 Å². The van der Waals surface area contributed by atoms with Crippen molar-refractivity contribution in [2.24, 2.45) is 0 Å². The molecule has 1 rings (SSSR count). The van der Waals surface area contributed by atoms with Crippen LogP contribution < -0.4 is 16.0 Å². The van der Waals surface area contributed by atoms with Crippen LogP contribution in [0.25, 0.3) is 0 Å². The molecule has 0 saturated carbocycles. The number of nitrogens with one attached hydrogen (secondary N) is 2. The summed E-state index contributed by atoms with van der Waals surface area (Å²) in [5.74, 6) is -0.998. The van der Waals surface area contributed by atoms with Gasteiger partial charge in [-0.1, -0.05) is 36.5 Å². The molecule has 1 atom stereocenters. The number of unbranched alkanes of at least 4 members (excludes halogenated alkanes) is 1. The average Bonchev–Trinajstić information content (AvgIpc) is 2.48. The Balaban J connectivity index is 2.46. The van der Waals surface area contributed by atoms with E-state index in [2.05, 4.69) is 10.6 Å². The summed E-state index contributed by atoms with van der Waals surface area (Å²) in [4.78, 5) is 23.1. The molecular formula is C15H21Cl2FN3O2+. The van der Waals surface area contributed by atoms with Crippen LogP contribution in [-0.2, 0) is 4.79 Å². The van der Waals surface area contributed by atoms with Crippen LogP contribution in [0.4, 0.5) is 9.18 Å². The molecule has 0 spiro atoms. The molecule has 0 fully saturated rings. The summed E-state index contributed by atoms with van der Waals surface area (Å²) in [5, 5.41) is 6.76. The molecule has 0 aliphatic heterocycles. The summed E-state index contributed by atoms with van der Waals surface area (Å²) in [5.41, 5.74) is 0.536. The Kier molecular flexibility index (Phi) is 8.30. The molecule has 1 aromatic carbocycles. The molecule has 0 radical (unpaired) electrons. The van der Waals surface area contributed by atoms with Gasteiger partial charge in [-0.05, 0) is 25.5 Å². The van der Waals surface area contributed by atoms with Gasteiger partial charge < -0.3 is 10.6 Å². The summed E-state index contributed by atoms with van der Waals surface area (Å²) in [7, 11) is 0. The lowest BCUT2D eigenvalue weighted by molar-refractivity contribution is -0.682. The Morgan fingerprint density at radius 3 is 2.65 bits per heavy atom. The van der Waals surface area contributed by atoms with Crippen LogP contribution in [0.15, 0.2) is 12.1 Å². The van der Waals surface area contributed by atoms with E-state index in [1.807, 2.05) is 6.92 Å². The van der Waals surface area contributed by atoms with Gasteiger partial charge in [0.1, 0.15) is 11.9 Å². The Hall–Kier alpha value is -1.37. The van der Waals surface area contributed by atoms with Crippen molar-refractivity contribution in [3.05, 3.63) is 33.6 Å². The van der Waals surface area contributed by atoms with Crippen LogP contribution in [0.5, 0.6) is 0 Å². The van der Waals surface area contributed by atoms with Crippen molar-refractivity contribution in [3.63, 3.8) is 0 Å². The van der Waals surface area contributed by atoms with Gasteiger partial charge in [0.05, 0.1) is 10.0 Å². The van der Waals surface area contributed by atoms with E-state index in [0.29, 0.717) is 17.1 Å². The minimum atomic E-state index is -0.564. The van der Waals surface area contributed by atoms with Crippen molar-refractivity contribution in [2.75, 3.05) is 13.1 Å². The van der Waals surface area contributed by atoms with Gasteiger partial charge in [-0.3, -0.25) is 10.1 Å². The van der Waals surface area contributed by atoms with Gasteiger partial charge >= 0.3 is 6.03 Å². The van der Waals surface area contributed by atoms with Crippen molar-refractivity contribution in [1.82, 2.24) is 10.6 Å². The van der Waals surface area contributed by atoms with Crippen LogP contribution in [0, 0.1) is 5.82 Å². The second-order valence-corrected chi connectivity index (χ2v) is 5.99. The standard InChI is InChI=1S/C15H20Cl2FN3O2/c1-3-4-5-19-15(23)21-14(22)8-20-9(2)10-6-13(18)12(17)7-11(10)16/h6-7,9,20H,3-5,8H2,1-2H3,(H2,19,21,22,23)/p+1/t9-/m0/s1. The Bertz CT molecular complexity index is 570. The highest BCUT2D eigenvalue weighted by Crippen LogP contribution is 2.27. The van der Waals surface area contributed by atoms with E-state index in [1.165, 1.54) is 12.1 Å². The van der Waals surface area contributed by atoms with E-state index in [0.717, 1.165) is 12.8 Å². The molecule has 23 heavy (non-hydrogen) atoms. The quantitative estimate of drug-likeness (QED) is 0.513. The van der Waals surface area contributed by atoms with Gasteiger partial charge in [0.15, 0.2) is 6.54 Å². The first-order valence-electron chi connectivity index (χ1n) is 7.40. The van der Waals surface area contributed by atoms with Crippen LogP contribution >= 0.6 is 23.2 Å². The Morgan fingerprint density at radius 2 is 2.00 bits per heavy atom. The SMILES string of the molecule is CCCCNC(=O)NC(=O)C[NH2+][C@@H](C)c1cc(F)c(Cl)cc1Cl. The lowest BCUT2D eigenvalue weighted by Gasteiger charge is -2.13. The lowest BCUT2D eigenvalue weighted by Crippen LogP contribution is -2.87. The maximum Gasteiger partial charge on any atom is 0.321 e. The lowest BCUT2D eigenvalue weighted by atomic mass is 10.1. The minimum Gasteiger partial charge on any atom is -0.338 e. The van der Waals surface area contributed by atoms with E-state index < -0.39 is 17.8 Å². The van der Waals surface area contributed by atoms with Crippen molar-refractivity contribution < 1.29 is 19.3 Å². The highest BCUT2D eigenvalue weighted by molar-refractivity contribution is 6.35. The third kappa shape index (κ3) is 6.72. The van der Waals surface area contributed by atoms with E-state index in [-0.39, 0.29) is 17.6 Å². The Morgan fingerprint density at radius 1 is 1.30 bits per heavy atom. The first-order valence-corrected chi connectivity index (χ1v) is 8.16. The summed E-state index contributed by atoms with van der Waals surface area (Å²) in [6.07, 6.45) is 1.81. The fourth-order valence-corrected chi connectivity index (χ4v) is 2.45. The van der Waals surface area contributed by atoms with Crippen molar-refractivity contribution in [3.8, 4) is 0 Å². The van der Waals surface area contributed by atoms with Crippen molar-refractivity contribution >= 4 is 35.1 Å². The normalized spacial score (nSPS) is 11.9. The smallest absolute Gasteiger partial charge is 0.321 e. The monoisotopic (exact) mass is 364 g/mol. The maximum atomic E-state index is 13.5. The van der Waals surface area contributed by atoms with Gasteiger partial charge in [0, 0.05) is 12.1 Å². The summed E-state index contributed by atoms with van der Waals surface area (Å²) in [6.45, 7) is 4.33. The number of halogens is 3. The Labute approximate surface area is 144 Å².